The lowest BCUT2D eigenvalue weighted by Crippen LogP contribution is -2.41. The Balaban J connectivity index is 2.53. The van der Waals surface area contributed by atoms with Gasteiger partial charge in [0.05, 0.1) is 18.6 Å². The van der Waals surface area contributed by atoms with Crippen molar-refractivity contribution in [2.45, 2.75) is 25.9 Å². The van der Waals surface area contributed by atoms with Gasteiger partial charge in [-0.05, 0) is 25.3 Å². The van der Waals surface area contributed by atoms with Crippen LogP contribution in [0.25, 0.3) is 0 Å². The highest BCUT2D eigenvalue weighted by Crippen LogP contribution is 2.24. The van der Waals surface area contributed by atoms with Crippen molar-refractivity contribution >= 4 is 11.3 Å². The van der Waals surface area contributed by atoms with E-state index >= 15 is 0 Å². The SMILES string of the molecule is COc1ccsc1CNC(C)(C)CO. The van der Waals surface area contributed by atoms with Crippen LogP contribution >= 0.6 is 11.3 Å². The zero-order chi connectivity index (χ0) is 10.6. The van der Waals surface area contributed by atoms with Gasteiger partial charge in [-0.3, -0.25) is 0 Å². The number of ether oxygens (including phenoxy) is 1. The van der Waals surface area contributed by atoms with Crippen molar-refractivity contribution in [3.63, 3.8) is 0 Å². The number of methoxy groups -OCH3 is 1. The van der Waals surface area contributed by atoms with Gasteiger partial charge in [0, 0.05) is 12.1 Å². The summed E-state index contributed by atoms with van der Waals surface area (Å²) < 4.78 is 5.19. The number of rotatable bonds is 5. The molecular weight excluding hydrogens is 198 g/mol. The molecule has 2 N–H and O–H groups in total. The van der Waals surface area contributed by atoms with Crippen molar-refractivity contribution in [3.8, 4) is 5.75 Å². The molecule has 0 aliphatic heterocycles. The molecule has 0 aliphatic rings. The molecule has 0 spiro atoms. The highest BCUT2D eigenvalue weighted by Gasteiger charge is 2.16. The molecule has 1 aromatic rings. The van der Waals surface area contributed by atoms with Crippen LogP contribution in [0.1, 0.15) is 18.7 Å². The van der Waals surface area contributed by atoms with E-state index in [4.69, 9.17) is 9.84 Å². The van der Waals surface area contributed by atoms with Gasteiger partial charge in [-0.1, -0.05) is 0 Å². The second-order valence-electron chi connectivity index (χ2n) is 3.81. The van der Waals surface area contributed by atoms with E-state index in [1.54, 1.807) is 18.4 Å². The Kier molecular flexibility index (Phi) is 3.92. The van der Waals surface area contributed by atoms with Crippen LogP contribution in [0.5, 0.6) is 5.75 Å². The Morgan fingerprint density at radius 3 is 2.86 bits per heavy atom. The van der Waals surface area contributed by atoms with E-state index in [0.717, 1.165) is 17.2 Å². The van der Waals surface area contributed by atoms with Crippen molar-refractivity contribution in [2.75, 3.05) is 13.7 Å². The molecule has 1 aromatic heterocycles. The summed E-state index contributed by atoms with van der Waals surface area (Å²) >= 11 is 1.66. The highest BCUT2D eigenvalue weighted by molar-refractivity contribution is 7.10. The first-order valence-electron chi connectivity index (χ1n) is 4.55. The first kappa shape index (κ1) is 11.5. The molecule has 0 unspecified atom stereocenters. The van der Waals surface area contributed by atoms with Crippen molar-refractivity contribution in [1.29, 1.82) is 0 Å². The zero-order valence-corrected chi connectivity index (χ0v) is 9.65. The molecule has 0 atom stereocenters. The first-order valence-corrected chi connectivity index (χ1v) is 5.43. The van der Waals surface area contributed by atoms with Crippen LogP contribution in [0.4, 0.5) is 0 Å². The maximum atomic E-state index is 9.06. The Bertz CT molecular complexity index is 283. The Morgan fingerprint density at radius 2 is 2.29 bits per heavy atom. The number of hydrogen-bond donors (Lipinski definition) is 2. The molecular formula is C10H17NO2S. The summed E-state index contributed by atoms with van der Waals surface area (Å²) in [7, 11) is 1.67. The summed E-state index contributed by atoms with van der Waals surface area (Å²) in [5.74, 6) is 0.913. The number of aliphatic hydroxyl groups is 1. The fourth-order valence-corrected chi connectivity index (χ4v) is 1.79. The molecule has 1 heterocycles. The van der Waals surface area contributed by atoms with Crippen molar-refractivity contribution in [3.05, 3.63) is 16.3 Å². The largest absolute Gasteiger partial charge is 0.496 e. The third-order valence-electron chi connectivity index (χ3n) is 2.05. The third-order valence-corrected chi connectivity index (χ3v) is 2.95. The van der Waals surface area contributed by atoms with Gasteiger partial charge >= 0.3 is 0 Å². The number of aliphatic hydroxyl groups excluding tert-OH is 1. The minimum atomic E-state index is -0.241. The van der Waals surface area contributed by atoms with Gasteiger partial charge in [-0.2, -0.15) is 0 Å². The molecule has 0 bridgehead atoms. The molecule has 80 valence electrons. The number of nitrogens with one attached hydrogen (secondary N) is 1. The summed E-state index contributed by atoms with van der Waals surface area (Å²) in [6.07, 6.45) is 0. The zero-order valence-electron chi connectivity index (χ0n) is 8.83. The van der Waals surface area contributed by atoms with E-state index in [-0.39, 0.29) is 12.1 Å². The van der Waals surface area contributed by atoms with Gasteiger partial charge in [0.15, 0.2) is 0 Å². The van der Waals surface area contributed by atoms with Crippen molar-refractivity contribution in [2.24, 2.45) is 0 Å². The second-order valence-corrected chi connectivity index (χ2v) is 4.81. The third kappa shape index (κ3) is 2.97. The van der Waals surface area contributed by atoms with Crippen molar-refractivity contribution in [1.82, 2.24) is 5.32 Å². The van der Waals surface area contributed by atoms with Crippen LogP contribution in [-0.2, 0) is 6.54 Å². The highest BCUT2D eigenvalue weighted by atomic mass is 32.1. The minimum Gasteiger partial charge on any atom is -0.496 e. The normalized spacial score (nSPS) is 11.7. The smallest absolute Gasteiger partial charge is 0.134 e. The predicted molar refractivity (Wildman–Crippen MR) is 58.9 cm³/mol. The molecule has 14 heavy (non-hydrogen) atoms. The van der Waals surface area contributed by atoms with Crippen LogP contribution in [0, 0.1) is 0 Å². The minimum absolute atomic E-state index is 0.126. The van der Waals surface area contributed by atoms with Gasteiger partial charge in [-0.25, -0.2) is 0 Å². The fourth-order valence-electron chi connectivity index (χ4n) is 1.02. The van der Waals surface area contributed by atoms with E-state index in [1.165, 1.54) is 0 Å². The fraction of sp³-hybridized carbons (Fsp3) is 0.600. The van der Waals surface area contributed by atoms with Gasteiger partial charge in [0.1, 0.15) is 5.75 Å². The summed E-state index contributed by atoms with van der Waals surface area (Å²) in [5, 5.41) is 14.3. The Hall–Kier alpha value is -0.580. The van der Waals surface area contributed by atoms with Crippen LogP contribution < -0.4 is 10.1 Å². The average Bonchev–Trinajstić information content (AvgIpc) is 2.62. The number of hydrogen-bond acceptors (Lipinski definition) is 4. The molecule has 0 saturated heterocycles. The molecule has 1 rings (SSSR count). The van der Waals surface area contributed by atoms with Crippen LogP contribution in [0.3, 0.4) is 0 Å². The Labute approximate surface area is 88.7 Å². The number of thiophene rings is 1. The standard InChI is InChI=1S/C10H17NO2S/c1-10(2,7-12)11-6-9-8(13-3)4-5-14-9/h4-5,11-12H,6-7H2,1-3H3. The van der Waals surface area contributed by atoms with Gasteiger partial charge in [0.25, 0.3) is 0 Å². The van der Waals surface area contributed by atoms with Crippen LogP contribution in [0.2, 0.25) is 0 Å². The molecule has 4 heteroatoms. The summed E-state index contributed by atoms with van der Waals surface area (Å²) in [5.41, 5.74) is -0.241. The van der Waals surface area contributed by atoms with E-state index in [1.807, 2.05) is 25.3 Å². The molecule has 0 saturated carbocycles. The lowest BCUT2D eigenvalue weighted by molar-refractivity contribution is 0.187. The summed E-state index contributed by atoms with van der Waals surface area (Å²) in [6.45, 7) is 4.79. The van der Waals surface area contributed by atoms with Gasteiger partial charge in [0.2, 0.25) is 0 Å². The molecule has 0 amide bonds. The van der Waals surface area contributed by atoms with Crippen LogP contribution in [-0.4, -0.2) is 24.4 Å². The molecule has 3 nitrogen and oxygen atoms in total. The van der Waals surface area contributed by atoms with E-state index in [9.17, 15) is 0 Å². The molecule has 0 radical (unpaired) electrons. The second kappa shape index (κ2) is 4.77. The van der Waals surface area contributed by atoms with Crippen molar-refractivity contribution < 1.29 is 9.84 Å². The lowest BCUT2D eigenvalue weighted by atomic mass is 10.1. The summed E-state index contributed by atoms with van der Waals surface area (Å²) in [4.78, 5) is 1.16. The Morgan fingerprint density at radius 1 is 1.57 bits per heavy atom. The molecule has 0 aromatic carbocycles. The molecule has 0 fully saturated rings. The predicted octanol–water partition coefficient (Wildman–Crippen LogP) is 1.62. The maximum Gasteiger partial charge on any atom is 0.134 e. The monoisotopic (exact) mass is 215 g/mol. The summed E-state index contributed by atoms with van der Waals surface area (Å²) in [6, 6.07) is 1.95. The first-order chi connectivity index (χ1) is 6.59. The van der Waals surface area contributed by atoms with E-state index < -0.39 is 0 Å². The quantitative estimate of drug-likeness (QED) is 0.784. The van der Waals surface area contributed by atoms with E-state index in [2.05, 4.69) is 5.32 Å². The van der Waals surface area contributed by atoms with Gasteiger partial charge < -0.3 is 15.2 Å². The van der Waals surface area contributed by atoms with Gasteiger partial charge in [-0.15, -0.1) is 11.3 Å². The average molecular weight is 215 g/mol. The lowest BCUT2D eigenvalue weighted by Gasteiger charge is -2.23. The molecule has 0 aliphatic carbocycles. The maximum absolute atomic E-state index is 9.06. The van der Waals surface area contributed by atoms with Crippen LogP contribution in [0.15, 0.2) is 11.4 Å². The topological polar surface area (TPSA) is 41.5 Å². The van der Waals surface area contributed by atoms with E-state index in [0.29, 0.717) is 0 Å².